The van der Waals surface area contributed by atoms with Crippen LogP contribution in [0.4, 0.5) is 11.4 Å². The van der Waals surface area contributed by atoms with Gasteiger partial charge in [0, 0.05) is 30.9 Å². The third kappa shape index (κ3) is 3.57. The van der Waals surface area contributed by atoms with Gasteiger partial charge in [0.05, 0.1) is 4.92 Å². The van der Waals surface area contributed by atoms with Crippen molar-refractivity contribution in [1.82, 2.24) is 4.90 Å². The maximum Gasteiger partial charge on any atom is 0.285 e. The lowest BCUT2D eigenvalue weighted by atomic mass is 10.1. The van der Waals surface area contributed by atoms with Crippen molar-refractivity contribution < 1.29 is 14.5 Å². The van der Waals surface area contributed by atoms with E-state index in [9.17, 15) is 19.7 Å². The number of nitrogens with zero attached hydrogens (tertiary/aromatic N) is 2. The topological polar surface area (TPSA) is 92.6 Å². The largest absolute Gasteiger partial charge is 0.345 e. The Kier molecular flexibility index (Phi) is 4.93. The summed E-state index contributed by atoms with van der Waals surface area (Å²) < 4.78 is 0. The Bertz CT molecular complexity index is 798. The Balaban J connectivity index is 2.23. The molecule has 24 heavy (non-hydrogen) atoms. The minimum atomic E-state index is -0.572. The highest BCUT2D eigenvalue weighted by atomic mass is 16.6. The van der Waals surface area contributed by atoms with Gasteiger partial charge in [-0.05, 0) is 37.3 Å². The van der Waals surface area contributed by atoms with E-state index in [1.54, 1.807) is 57.4 Å². The van der Waals surface area contributed by atoms with Crippen molar-refractivity contribution in [3.63, 3.8) is 0 Å². The second-order valence-electron chi connectivity index (χ2n) is 5.46. The molecule has 2 amide bonds. The number of hydrogen-bond acceptors (Lipinski definition) is 4. The van der Waals surface area contributed by atoms with E-state index in [2.05, 4.69) is 5.32 Å². The van der Waals surface area contributed by atoms with Crippen molar-refractivity contribution in [2.24, 2.45) is 0 Å². The van der Waals surface area contributed by atoms with E-state index in [-0.39, 0.29) is 17.2 Å². The highest BCUT2D eigenvalue weighted by Gasteiger charge is 2.22. The van der Waals surface area contributed by atoms with E-state index < -0.39 is 10.8 Å². The number of anilines is 1. The Labute approximate surface area is 139 Å². The van der Waals surface area contributed by atoms with E-state index in [4.69, 9.17) is 0 Å². The molecule has 7 nitrogen and oxygen atoms in total. The number of carbonyl (C=O) groups is 2. The van der Waals surface area contributed by atoms with Crippen LogP contribution < -0.4 is 5.32 Å². The van der Waals surface area contributed by atoms with E-state index in [0.29, 0.717) is 16.8 Å². The first-order chi connectivity index (χ1) is 11.3. The van der Waals surface area contributed by atoms with Gasteiger partial charge >= 0.3 is 0 Å². The highest BCUT2D eigenvalue weighted by Crippen LogP contribution is 2.24. The zero-order valence-corrected chi connectivity index (χ0v) is 13.6. The number of nitro benzene ring substituents is 1. The summed E-state index contributed by atoms with van der Waals surface area (Å²) in [5.74, 6) is -0.723. The standard InChI is InChI=1S/C17H17N3O4/c1-11-5-4-6-14(15(11)20(23)24)16(21)18-13-9-7-12(8-10-13)17(22)19(2)3/h4-10H,1-3H3,(H,18,21). The van der Waals surface area contributed by atoms with Crippen LogP contribution in [0.1, 0.15) is 26.3 Å². The molecule has 2 rings (SSSR count). The van der Waals surface area contributed by atoms with Crippen molar-refractivity contribution in [2.45, 2.75) is 6.92 Å². The van der Waals surface area contributed by atoms with Crippen molar-refractivity contribution >= 4 is 23.2 Å². The Morgan fingerprint density at radius 1 is 1.08 bits per heavy atom. The second kappa shape index (κ2) is 6.91. The summed E-state index contributed by atoms with van der Waals surface area (Å²) in [5.41, 5.74) is 1.13. The highest BCUT2D eigenvalue weighted by molar-refractivity contribution is 6.07. The van der Waals surface area contributed by atoms with Gasteiger partial charge in [0.1, 0.15) is 5.56 Å². The zero-order chi connectivity index (χ0) is 17.9. The SMILES string of the molecule is Cc1cccc(C(=O)Nc2ccc(C(=O)N(C)C)cc2)c1[N+](=O)[O-]. The molecule has 2 aromatic carbocycles. The maximum atomic E-state index is 12.3. The van der Waals surface area contributed by atoms with Gasteiger partial charge in [-0.15, -0.1) is 0 Å². The molecule has 0 radical (unpaired) electrons. The van der Waals surface area contributed by atoms with Gasteiger partial charge in [-0.2, -0.15) is 0 Å². The summed E-state index contributed by atoms with van der Waals surface area (Å²) in [5, 5.41) is 13.8. The number of hydrogen-bond donors (Lipinski definition) is 1. The molecule has 0 saturated heterocycles. The molecular weight excluding hydrogens is 310 g/mol. The monoisotopic (exact) mass is 327 g/mol. The summed E-state index contributed by atoms with van der Waals surface area (Å²) >= 11 is 0. The lowest BCUT2D eigenvalue weighted by molar-refractivity contribution is -0.385. The molecule has 0 aliphatic rings. The fraction of sp³-hybridized carbons (Fsp3) is 0.176. The van der Waals surface area contributed by atoms with E-state index in [0.717, 1.165) is 0 Å². The molecule has 0 aliphatic carbocycles. The zero-order valence-electron chi connectivity index (χ0n) is 13.6. The van der Waals surface area contributed by atoms with Crippen molar-refractivity contribution in [1.29, 1.82) is 0 Å². The molecular formula is C17H17N3O4. The molecule has 0 heterocycles. The van der Waals surface area contributed by atoms with Crippen molar-refractivity contribution in [2.75, 3.05) is 19.4 Å². The van der Waals surface area contributed by atoms with E-state index in [1.807, 2.05) is 0 Å². The van der Waals surface area contributed by atoms with E-state index in [1.165, 1.54) is 11.0 Å². The van der Waals surface area contributed by atoms with E-state index >= 15 is 0 Å². The molecule has 0 aliphatic heterocycles. The van der Waals surface area contributed by atoms with Crippen LogP contribution in [0.5, 0.6) is 0 Å². The number of nitrogens with one attached hydrogen (secondary N) is 1. The molecule has 7 heteroatoms. The fourth-order valence-electron chi connectivity index (χ4n) is 2.24. The van der Waals surface area contributed by atoms with Crippen LogP contribution in [0.25, 0.3) is 0 Å². The van der Waals surface area contributed by atoms with Gasteiger partial charge in [0.2, 0.25) is 0 Å². The second-order valence-corrected chi connectivity index (χ2v) is 5.46. The number of amides is 2. The smallest absolute Gasteiger partial charge is 0.285 e. The first kappa shape index (κ1) is 17.1. The molecule has 0 fully saturated rings. The predicted molar refractivity (Wildman–Crippen MR) is 90.2 cm³/mol. The molecule has 1 N–H and O–H groups in total. The summed E-state index contributed by atoms with van der Waals surface area (Å²) in [6.45, 7) is 1.58. The molecule has 2 aromatic rings. The molecule has 0 bridgehead atoms. The minimum Gasteiger partial charge on any atom is -0.345 e. The number of aryl methyl sites for hydroxylation is 1. The Morgan fingerprint density at radius 3 is 2.25 bits per heavy atom. The molecule has 0 spiro atoms. The maximum absolute atomic E-state index is 12.3. The third-order valence-electron chi connectivity index (χ3n) is 3.46. The normalized spacial score (nSPS) is 10.1. The fourth-order valence-corrected chi connectivity index (χ4v) is 2.24. The lowest BCUT2D eigenvalue weighted by Gasteiger charge is -2.11. The summed E-state index contributed by atoms with van der Waals surface area (Å²) in [7, 11) is 3.30. The number of rotatable bonds is 4. The predicted octanol–water partition coefficient (Wildman–Crippen LogP) is 2.86. The number of carbonyl (C=O) groups excluding carboxylic acids is 2. The Hall–Kier alpha value is -3.22. The molecule has 124 valence electrons. The van der Waals surface area contributed by atoms with Crippen LogP contribution in [0.2, 0.25) is 0 Å². The van der Waals surface area contributed by atoms with Crippen molar-refractivity contribution in [3.8, 4) is 0 Å². The van der Waals surface area contributed by atoms with Gasteiger partial charge in [-0.3, -0.25) is 19.7 Å². The van der Waals surface area contributed by atoms with Gasteiger partial charge in [0.15, 0.2) is 0 Å². The Morgan fingerprint density at radius 2 is 1.71 bits per heavy atom. The van der Waals surface area contributed by atoms with Crippen LogP contribution in [-0.4, -0.2) is 35.7 Å². The van der Waals surface area contributed by atoms with Crippen LogP contribution in [-0.2, 0) is 0 Å². The molecule has 0 atom stereocenters. The summed E-state index contributed by atoms with van der Waals surface area (Å²) in [6.07, 6.45) is 0. The van der Waals surface area contributed by atoms with Crippen LogP contribution in [0.3, 0.4) is 0 Å². The van der Waals surface area contributed by atoms with Gasteiger partial charge in [0.25, 0.3) is 17.5 Å². The quantitative estimate of drug-likeness (QED) is 0.690. The number of para-hydroxylation sites is 1. The third-order valence-corrected chi connectivity index (χ3v) is 3.46. The molecule has 0 aromatic heterocycles. The van der Waals surface area contributed by atoms with Gasteiger partial charge in [-0.25, -0.2) is 0 Å². The average molecular weight is 327 g/mol. The number of nitro groups is 1. The van der Waals surface area contributed by atoms with Crippen LogP contribution in [0, 0.1) is 17.0 Å². The van der Waals surface area contributed by atoms with Gasteiger partial charge < -0.3 is 10.2 Å². The van der Waals surface area contributed by atoms with Crippen molar-refractivity contribution in [3.05, 3.63) is 69.3 Å². The lowest BCUT2D eigenvalue weighted by Crippen LogP contribution is -2.21. The summed E-state index contributed by atoms with van der Waals surface area (Å²) in [4.78, 5) is 36.2. The molecule has 0 unspecified atom stereocenters. The van der Waals surface area contributed by atoms with Crippen LogP contribution in [0.15, 0.2) is 42.5 Å². The first-order valence-electron chi connectivity index (χ1n) is 7.18. The average Bonchev–Trinajstić information content (AvgIpc) is 2.54. The minimum absolute atomic E-state index is 0.00607. The first-order valence-corrected chi connectivity index (χ1v) is 7.18. The molecule has 0 saturated carbocycles. The van der Waals surface area contributed by atoms with Crippen LogP contribution >= 0.6 is 0 Å². The summed E-state index contributed by atoms with van der Waals surface area (Å²) in [6, 6.07) is 10.9. The number of benzene rings is 2. The van der Waals surface area contributed by atoms with Gasteiger partial charge in [-0.1, -0.05) is 12.1 Å².